The Bertz CT molecular complexity index is 500. The molecule has 1 unspecified atom stereocenters. The molecule has 116 valence electrons. The van der Waals surface area contributed by atoms with Gasteiger partial charge in [0.2, 0.25) is 0 Å². The Kier molecular flexibility index (Phi) is 5.39. The van der Waals surface area contributed by atoms with Gasteiger partial charge in [-0.25, -0.2) is 0 Å². The van der Waals surface area contributed by atoms with Crippen LogP contribution in [0.3, 0.4) is 0 Å². The number of thiophene rings is 1. The number of fused-ring (bicyclic) bond motifs is 1. The van der Waals surface area contributed by atoms with Gasteiger partial charge in [-0.2, -0.15) is 0 Å². The van der Waals surface area contributed by atoms with E-state index in [0.717, 1.165) is 17.7 Å². The van der Waals surface area contributed by atoms with Crippen molar-refractivity contribution < 1.29 is 14.3 Å². The molecule has 0 radical (unpaired) electrons. The van der Waals surface area contributed by atoms with Crippen LogP contribution in [0.25, 0.3) is 0 Å². The molecule has 0 spiro atoms. The van der Waals surface area contributed by atoms with Crippen LogP contribution in [-0.2, 0) is 22.4 Å². The third-order valence-corrected chi connectivity index (χ3v) is 5.18. The van der Waals surface area contributed by atoms with Crippen LogP contribution in [0.15, 0.2) is 6.07 Å². The highest BCUT2D eigenvalue weighted by molar-refractivity contribution is 7.14. The molecule has 0 aliphatic heterocycles. The molecular weight excluding hydrogens is 286 g/mol. The van der Waals surface area contributed by atoms with Crippen LogP contribution in [-0.4, -0.2) is 37.5 Å². The molecule has 0 aromatic carbocycles. The number of aryl methyl sites for hydroxylation is 2. The predicted octanol–water partition coefficient (Wildman–Crippen LogP) is 2.90. The van der Waals surface area contributed by atoms with Gasteiger partial charge < -0.3 is 9.64 Å². The lowest BCUT2D eigenvalue weighted by molar-refractivity contribution is -0.145. The maximum absolute atomic E-state index is 12.5. The van der Waals surface area contributed by atoms with Gasteiger partial charge in [-0.05, 0) is 37.3 Å². The lowest BCUT2D eigenvalue weighted by Gasteiger charge is -2.19. The molecule has 1 atom stereocenters. The average molecular weight is 309 g/mol. The second-order valence-electron chi connectivity index (χ2n) is 5.73. The number of ether oxygens (including phenoxy) is 1. The first-order valence-electron chi connectivity index (χ1n) is 7.47. The summed E-state index contributed by atoms with van der Waals surface area (Å²) < 4.78 is 4.70. The molecule has 1 aliphatic carbocycles. The first-order valence-corrected chi connectivity index (χ1v) is 8.29. The van der Waals surface area contributed by atoms with Crippen molar-refractivity contribution in [3.8, 4) is 0 Å². The van der Waals surface area contributed by atoms with Crippen molar-refractivity contribution >= 4 is 23.2 Å². The molecule has 0 saturated carbocycles. The minimum atomic E-state index is -0.304. The molecule has 1 aromatic heterocycles. The number of methoxy groups -OCH3 is 1. The second-order valence-corrected chi connectivity index (χ2v) is 6.87. The van der Waals surface area contributed by atoms with Gasteiger partial charge in [0, 0.05) is 18.5 Å². The van der Waals surface area contributed by atoms with Crippen molar-refractivity contribution in [3.63, 3.8) is 0 Å². The molecule has 4 nitrogen and oxygen atoms in total. The van der Waals surface area contributed by atoms with Crippen LogP contribution in [0.4, 0.5) is 0 Å². The summed E-state index contributed by atoms with van der Waals surface area (Å²) in [4.78, 5) is 27.7. The number of hydrogen-bond donors (Lipinski definition) is 0. The number of nitrogens with zero attached hydrogens (tertiary/aromatic N) is 1. The van der Waals surface area contributed by atoms with Crippen molar-refractivity contribution in [2.45, 2.75) is 39.0 Å². The van der Waals surface area contributed by atoms with Crippen LogP contribution in [0.2, 0.25) is 0 Å². The third kappa shape index (κ3) is 3.84. The molecular formula is C16H23NO3S. The van der Waals surface area contributed by atoms with Crippen molar-refractivity contribution in [2.24, 2.45) is 5.92 Å². The number of amides is 1. The van der Waals surface area contributed by atoms with E-state index >= 15 is 0 Å². The van der Waals surface area contributed by atoms with Crippen LogP contribution in [0, 0.1) is 5.92 Å². The van der Waals surface area contributed by atoms with Crippen LogP contribution < -0.4 is 0 Å². The standard InChI is InChI=1S/C16H23NO3S/c1-11(16(19)20-3)10-17(2)15(18)14-9-12-7-5-4-6-8-13(12)21-14/h9,11H,4-8,10H2,1-3H3. The summed E-state index contributed by atoms with van der Waals surface area (Å²) in [6, 6.07) is 2.05. The van der Waals surface area contributed by atoms with Gasteiger partial charge in [0.25, 0.3) is 5.91 Å². The maximum Gasteiger partial charge on any atom is 0.310 e. The highest BCUT2D eigenvalue weighted by Crippen LogP contribution is 2.29. The Morgan fingerprint density at radius 3 is 2.76 bits per heavy atom. The largest absolute Gasteiger partial charge is 0.469 e. The van der Waals surface area contributed by atoms with Crippen molar-refractivity contribution in [1.29, 1.82) is 0 Å². The minimum Gasteiger partial charge on any atom is -0.469 e. The van der Waals surface area contributed by atoms with Gasteiger partial charge in [0.1, 0.15) is 0 Å². The first-order chi connectivity index (χ1) is 10.0. The second kappa shape index (κ2) is 7.07. The molecule has 2 rings (SSSR count). The fraction of sp³-hybridized carbons (Fsp3) is 0.625. The van der Waals surface area contributed by atoms with Gasteiger partial charge in [0.05, 0.1) is 17.9 Å². The van der Waals surface area contributed by atoms with E-state index in [0.29, 0.717) is 6.54 Å². The van der Waals surface area contributed by atoms with Crippen molar-refractivity contribution in [2.75, 3.05) is 20.7 Å². The Hall–Kier alpha value is -1.36. The van der Waals surface area contributed by atoms with Gasteiger partial charge in [-0.3, -0.25) is 9.59 Å². The molecule has 1 aromatic rings. The molecule has 5 heteroatoms. The molecule has 0 fully saturated rings. The van der Waals surface area contributed by atoms with E-state index in [2.05, 4.69) is 0 Å². The highest BCUT2D eigenvalue weighted by atomic mass is 32.1. The van der Waals surface area contributed by atoms with E-state index in [9.17, 15) is 9.59 Å². The van der Waals surface area contributed by atoms with Crippen LogP contribution in [0.5, 0.6) is 0 Å². The topological polar surface area (TPSA) is 46.6 Å². The summed E-state index contributed by atoms with van der Waals surface area (Å²) in [6.07, 6.45) is 5.89. The zero-order valence-corrected chi connectivity index (χ0v) is 13.8. The van der Waals surface area contributed by atoms with E-state index < -0.39 is 0 Å². The summed E-state index contributed by atoms with van der Waals surface area (Å²) in [5, 5.41) is 0. The molecule has 1 amide bonds. The molecule has 1 heterocycles. The summed E-state index contributed by atoms with van der Waals surface area (Å²) in [6.45, 7) is 2.16. The number of carbonyl (C=O) groups is 2. The normalized spacial score (nSPS) is 15.8. The summed E-state index contributed by atoms with van der Waals surface area (Å²) >= 11 is 1.62. The minimum absolute atomic E-state index is 0.00354. The summed E-state index contributed by atoms with van der Waals surface area (Å²) in [5.74, 6) is -0.581. The van der Waals surface area contributed by atoms with E-state index in [1.807, 2.05) is 6.07 Å². The van der Waals surface area contributed by atoms with Gasteiger partial charge >= 0.3 is 5.97 Å². The van der Waals surface area contributed by atoms with Crippen LogP contribution in [0.1, 0.15) is 46.3 Å². The van der Waals surface area contributed by atoms with E-state index in [4.69, 9.17) is 4.74 Å². The lowest BCUT2D eigenvalue weighted by atomic mass is 10.1. The SMILES string of the molecule is COC(=O)C(C)CN(C)C(=O)c1cc2c(s1)CCCCC2. The number of carbonyl (C=O) groups excluding carboxylic acids is 2. The average Bonchev–Trinajstić information content (AvgIpc) is 2.76. The van der Waals surface area contributed by atoms with Crippen LogP contribution >= 0.6 is 11.3 Å². The molecule has 1 aliphatic rings. The molecule has 0 N–H and O–H groups in total. The number of rotatable bonds is 4. The Balaban J connectivity index is 2.04. The number of hydrogen-bond acceptors (Lipinski definition) is 4. The van der Waals surface area contributed by atoms with Gasteiger partial charge in [0.15, 0.2) is 0 Å². The monoisotopic (exact) mass is 309 g/mol. The zero-order valence-electron chi connectivity index (χ0n) is 13.0. The molecule has 0 saturated heterocycles. The van der Waals surface area contributed by atoms with Crippen molar-refractivity contribution in [3.05, 3.63) is 21.4 Å². The quantitative estimate of drug-likeness (QED) is 0.634. The first kappa shape index (κ1) is 16.0. The third-order valence-electron chi connectivity index (χ3n) is 3.96. The smallest absolute Gasteiger partial charge is 0.310 e. The number of esters is 1. The molecule has 0 bridgehead atoms. The highest BCUT2D eigenvalue weighted by Gasteiger charge is 2.22. The van der Waals surface area contributed by atoms with E-state index in [1.54, 1.807) is 30.2 Å². The van der Waals surface area contributed by atoms with E-state index in [-0.39, 0.29) is 17.8 Å². The zero-order chi connectivity index (χ0) is 15.4. The van der Waals surface area contributed by atoms with Gasteiger partial charge in [-0.15, -0.1) is 11.3 Å². The lowest BCUT2D eigenvalue weighted by Crippen LogP contribution is -2.33. The Labute approximate surface area is 130 Å². The summed E-state index contributed by atoms with van der Waals surface area (Å²) in [5.41, 5.74) is 1.34. The fourth-order valence-electron chi connectivity index (χ4n) is 2.73. The Morgan fingerprint density at radius 1 is 1.33 bits per heavy atom. The Morgan fingerprint density at radius 2 is 2.05 bits per heavy atom. The molecule has 21 heavy (non-hydrogen) atoms. The van der Waals surface area contributed by atoms with Crippen molar-refractivity contribution in [1.82, 2.24) is 4.90 Å². The fourth-order valence-corrected chi connectivity index (χ4v) is 3.98. The van der Waals surface area contributed by atoms with Gasteiger partial charge in [-0.1, -0.05) is 13.3 Å². The maximum atomic E-state index is 12.5. The summed E-state index contributed by atoms with van der Waals surface area (Å²) in [7, 11) is 3.11. The van der Waals surface area contributed by atoms with E-state index in [1.165, 1.54) is 36.8 Å². The predicted molar refractivity (Wildman–Crippen MR) is 83.7 cm³/mol.